The third-order valence-electron chi connectivity index (χ3n) is 19.2. The minimum absolute atomic E-state index is 0.0202. The molecule has 39 nitrogen and oxygen atoms in total. The molecule has 12 unspecified atom stereocenters. The van der Waals surface area contributed by atoms with Crippen molar-refractivity contribution < 1.29 is 136 Å². The van der Waals surface area contributed by atoms with Gasteiger partial charge in [-0.2, -0.15) is 0 Å². The Kier molecular flexibility index (Phi) is 28.7. The molecule has 3 heterocycles. The van der Waals surface area contributed by atoms with Gasteiger partial charge in [-0.1, -0.05) is 15.6 Å². The van der Waals surface area contributed by atoms with Crippen LogP contribution >= 0.6 is 0 Å². The Labute approximate surface area is 549 Å². The normalized spacial score (nSPS) is 40.2. The molecule has 39 heteroatoms. The lowest BCUT2D eigenvalue weighted by Crippen LogP contribution is -2.59. The average Bonchev–Trinajstić information content (AvgIpc) is 1.07. The second-order valence-electron chi connectivity index (χ2n) is 25.8. The van der Waals surface area contributed by atoms with E-state index in [1.54, 1.807) is 0 Å². The summed E-state index contributed by atoms with van der Waals surface area (Å²) in [6, 6.07) is -2.18. The van der Waals surface area contributed by atoms with Crippen molar-refractivity contribution in [3.05, 3.63) is 35.7 Å². The summed E-state index contributed by atoms with van der Waals surface area (Å²) in [7, 11) is 0. The first kappa shape index (κ1) is 78.2. The molecule has 3 aromatic heterocycles. The lowest BCUT2D eigenvalue weighted by molar-refractivity contribution is -0.231. The molecule has 3 amide bonds. The molecule has 0 radical (unpaired) electrons. The Balaban J connectivity index is 0.000000203. The van der Waals surface area contributed by atoms with E-state index < -0.39 is 221 Å². The van der Waals surface area contributed by atoms with Crippen LogP contribution in [0.4, 0.5) is 0 Å². The molecule has 0 saturated heterocycles. The lowest BCUT2D eigenvalue weighted by atomic mass is 9.78. The minimum atomic E-state index is -1.55. The van der Waals surface area contributed by atoms with Crippen LogP contribution < -0.4 is 16.0 Å². The Morgan fingerprint density at radius 2 is 0.573 bits per heavy atom. The van der Waals surface area contributed by atoms with Gasteiger partial charge in [0.05, 0.1) is 111 Å². The molecule has 96 heavy (non-hydrogen) atoms. The molecule has 6 fully saturated rings. The van der Waals surface area contributed by atoms with Crippen LogP contribution in [0.2, 0.25) is 0 Å². The van der Waals surface area contributed by atoms with Crippen LogP contribution in [0.3, 0.4) is 0 Å². The fraction of sp³-hybridized carbons (Fsp3) is 0.842. The summed E-state index contributed by atoms with van der Waals surface area (Å²) in [5.41, 5.74) is 1.36. The van der Waals surface area contributed by atoms with E-state index in [0.29, 0.717) is 17.1 Å². The Bertz CT molecular complexity index is 2580. The van der Waals surface area contributed by atoms with Gasteiger partial charge in [0.25, 0.3) is 0 Å². The molecule has 30 atom stereocenters. The largest absolute Gasteiger partial charge is 0.396 e. The number of hydrogen-bond donors (Lipinski definition) is 24. The first-order valence-electron chi connectivity index (χ1n) is 31.8. The van der Waals surface area contributed by atoms with E-state index >= 15 is 0 Å². The van der Waals surface area contributed by atoms with Gasteiger partial charge in [0.1, 0.15) is 90.3 Å². The second kappa shape index (κ2) is 35.3. The van der Waals surface area contributed by atoms with E-state index in [-0.39, 0.29) is 75.9 Å². The SMILES string of the molecule is CC(=O)NCc1cn([C@@H]2CC(CO)[C@@H](O[C@@H]3CC(CO)[C@@H](O)[C@H](O)C3O)[C@H](O)C2O)nn1.CC(=O)NCc1cn([C@@H]2CC(CO)[C@@H](O[C@@H]3CC(CO)[C@H](O)[C@H](O)C3O)[C@H](O)C2O)nn1.CC(=O)NCc1cn([C@@H]2CC(CO)[C@@H](O[C@H]3CC(CO)[C@@H](O)[C@H](O)C3O)[C@H](O)C2O)nn1. The first-order valence-corrected chi connectivity index (χ1v) is 31.8. The predicted molar refractivity (Wildman–Crippen MR) is 317 cm³/mol. The van der Waals surface area contributed by atoms with Gasteiger partial charge in [0, 0.05) is 95.9 Å². The molecule has 6 saturated carbocycles. The molecule has 24 N–H and O–H groups in total. The summed E-state index contributed by atoms with van der Waals surface area (Å²) in [4.78, 5) is 33.2. The molecule has 0 bridgehead atoms. The standard InChI is InChI=1S/3C19H32N4O9/c3*1-8(26)20-4-11-5-23(22-21-11)12-2-10(7-25)19(18(31)15(12)28)32-13-3-9(6-24)14(27)17(30)16(13)29/h3*5,9-10,12-19,24-25,27-31H,2-4,6-7H2,1H3,(H,20,26)/t9?,10?,12-,13+,14-,15?,16?,17+,18-,19-;9?,10?,12-,13-,14+,15?,16?,17+,18-,19-;9?,10?,12-,13-,14-,15?,16?,17+,18-,19-/m111/s1. The van der Waals surface area contributed by atoms with E-state index in [1.807, 2.05) is 0 Å². The third-order valence-corrected chi connectivity index (χ3v) is 19.2. The summed E-state index contributed by atoms with van der Waals surface area (Å²) in [5, 5.41) is 245. The molecule has 0 spiro atoms. The molecule has 6 aliphatic rings. The van der Waals surface area contributed by atoms with Crippen LogP contribution in [0.1, 0.15) is 94.5 Å². The van der Waals surface area contributed by atoms with Crippen LogP contribution in [0, 0.1) is 35.5 Å². The van der Waals surface area contributed by atoms with Crippen molar-refractivity contribution in [1.82, 2.24) is 60.9 Å². The number of amides is 3. The van der Waals surface area contributed by atoms with Crippen LogP contribution in [-0.2, 0) is 48.2 Å². The number of aliphatic hydroxyl groups is 21. The zero-order valence-corrected chi connectivity index (χ0v) is 53.0. The number of aromatic nitrogens is 9. The molecule has 546 valence electrons. The lowest BCUT2D eigenvalue weighted by Gasteiger charge is -2.46. The van der Waals surface area contributed by atoms with E-state index in [9.17, 15) is 122 Å². The van der Waals surface area contributed by atoms with Gasteiger partial charge < -0.3 is 137 Å². The van der Waals surface area contributed by atoms with Gasteiger partial charge in [0.15, 0.2) is 0 Å². The zero-order chi connectivity index (χ0) is 70.7. The predicted octanol–water partition coefficient (Wildman–Crippen LogP) is -11.9. The maximum Gasteiger partial charge on any atom is 0.217 e. The van der Waals surface area contributed by atoms with Gasteiger partial charge >= 0.3 is 0 Å². The average molecular weight is 1380 g/mol. The van der Waals surface area contributed by atoms with E-state index in [1.165, 1.54) is 53.4 Å². The van der Waals surface area contributed by atoms with Crippen molar-refractivity contribution in [2.24, 2.45) is 35.5 Å². The number of rotatable bonds is 21. The van der Waals surface area contributed by atoms with E-state index in [4.69, 9.17) is 14.2 Å². The highest BCUT2D eigenvalue weighted by Crippen LogP contribution is 2.42. The van der Waals surface area contributed by atoms with Crippen molar-refractivity contribution in [2.75, 3.05) is 39.6 Å². The van der Waals surface area contributed by atoms with E-state index in [2.05, 4.69) is 46.9 Å². The fourth-order valence-electron chi connectivity index (χ4n) is 13.5. The summed E-state index contributed by atoms with van der Waals surface area (Å²) < 4.78 is 21.6. The van der Waals surface area contributed by atoms with Crippen LogP contribution in [0.25, 0.3) is 0 Å². The number of hydrogen-bond acceptors (Lipinski definition) is 33. The van der Waals surface area contributed by atoms with Crippen molar-refractivity contribution in [3.8, 4) is 0 Å². The van der Waals surface area contributed by atoms with E-state index in [0.717, 1.165) is 0 Å². The number of nitrogens with zero attached hydrogens (tertiary/aromatic N) is 9. The third kappa shape index (κ3) is 18.4. The van der Waals surface area contributed by atoms with Gasteiger partial charge in [-0.05, 0) is 38.5 Å². The monoisotopic (exact) mass is 1380 g/mol. The van der Waals surface area contributed by atoms with Crippen LogP contribution in [-0.4, -0.2) is 338 Å². The molecular formula is C57H96N12O27. The molecular weight excluding hydrogens is 1280 g/mol. The van der Waals surface area contributed by atoms with Crippen LogP contribution in [0.15, 0.2) is 18.6 Å². The van der Waals surface area contributed by atoms with Gasteiger partial charge in [-0.3, -0.25) is 14.4 Å². The van der Waals surface area contributed by atoms with Gasteiger partial charge in [-0.25, -0.2) is 14.0 Å². The van der Waals surface area contributed by atoms with Crippen LogP contribution in [0.5, 0.6) is 0 Å². The molecule has 3 aromatic rings. The number of ether oxygens (including phenoxy) is 3. The second-order valence-corrected chi connectivity index (χ2v) is 25.8. The fourth-order valence-corrected chi connectivity index (χ4v) is 13.5. The summed E-state index contributed by atoms with van der Waals surface area (Å²) >= 11 is 0. The smallest absolute Gasteiger partial charge is 0.217 e. The highest BCUT2D eigenvalue weighted by atomic mass is 16.5. The highest BCUT2D eigenvalue weighted by molar-refractivity contribution is 5.73. The molecule has 9 rings (SSSR count). The number of carbonyl (C=O) groups excluding carboxylic acids is 3. The summed E-state index contributed by atoms with van der Waals surface area (Å²) in [6.07, 6.45) is -22.6. The first-order chi connectivity index (χ1) is 45.5. The van der Waals surface area contributed by atoms with Gasteiger partial charge in [-0.15, -0.1) is 15.3 Å². The van der Waals surface area contributed by atoms with Crippen molar-refractivity contribution >= 4 is 17.7 Å². The minimum Gasteiger partial charge on any atom is -0.396 e. The highest BCUT2D eigenvalue weighted by Gasteiger charge is 2.53. The maximum atomic E-state index is 11.1. The van der Waals surface area contributed by atoms with Crippen molar-refractivity contribution in [3.63, 3.8) is 0 Å². The quantitative estimate of drug-likeness (QED) is 0.0471. The topological polar surface area (TPSA) is 632 Å². The van der Waals surface area contributed by atoms with Crippen molar-refractivity contribution in [2.45, 2.75) is 225 Å². The Morgan fingerprint density at radius 3 is 0.781 bits per heavy atom. The Hall–Kier alpha value is -5.13. The zero-order valence-electron chi connectivity index (χ0n) is 53.0. The molecule has 0 aliphatic heterocycles. The van der Waals surface area contributed by atoms with Gasteiger partial charge in [0.2, 0.25) is 17.7 Å². The van der Waals surface area contributed by atoms with Crippen molar-refractivity contribution in [1.29, 1.82) is 0 Å². The summed E-state index contributed by atoms with van der Waals surface area (Å²) in [5.74, 6) is -4.86. The number of nitrogens with one attached hydrogen (secondary N) is 3. The number of aliphatic hydroxyl groups excluding tert-OH is 21. The maximum absolute atomic E-state index is 11.1. The number of carbonyl (C=O) groups is 3. The molecule has 0 aromatic carbocycles. The summed E-state index contributed by atoms with van der Waals surface area (Å²) in [6.45, 7) is 2.07. The Morgan fingerprint density at radius 1 is 0.344 bits per heavy atom. The molecule has 6 aliphatic carbocycles.